The zero-order valence-corrected chi connectivity index (χ0v) is 16.8. The summed E-state index contributed by atoms with van der Waals surface area (Å²) in [5, 5.41) is 0. The third kappa shape index (κ3) is 2.91. The Morgan fingerprint density at radius 3 is 2.64 bits per heavy atom. The molecule has 5 atom stereocenters. The van der Waals surface area contributed by atoms with Crippen LogP contribution in [0.1, 0.15) is 32.4 Å². The minimum Gasteiger partial charge on any atom is -0.497 e. The lowest BCUT2D eigenvalue weighted by atomic mass is 9.77. The summed E-state index contributed by atoms with van der Waals surface area (Å²) in [5.41, 5.74) is 0.298. The number of rotatable bonds is 6. The van der Waals surface area contributed by atoms with Crippen molar-refractivity contribution in [3.8, 4) is 5.75 Å². The van der Waals surface area contributed by atoms with Crippen LogP contribution in [0.25, 0.3) is 0 Å². The molecule has 3 heterocycles. The van der Waals surface area contributed by atoms with Gasteiger partial charge in [-0.1, -0.05) is 38.1 Å². The molecule has 2 saturated heterocycles. The van der Waals surface area contributed by atoms with Crippen LogP contribution in [0.2, 0.25) is 0 Å². The average molecular weight is 385 g/mol. The van der Waals surface area contributed by atoms with Gasteiger partial charge in [0.2, 0.25) is 5.91 Å². The van der Waals surface area contributed by atoms with E-state index in [0.29, 0.717) is 13.2 Å². The van der Waals surface area contributed by atoms with E-state index in [-0.39, 0.29) is 29.9 Å². The Balaban J connectivity index is 1.56. The Kier molecular flexibility index (Phi) is 4.70. The van der Waals surface area contributed by atoms with Gasteiger partial charge in [0, 0.05) is 0 Å². The van der Waals surface area contributed by atoms with Gasteiger partial charge in [-0.3, -0.25) is 9.59 Å². The maximum atomic E-state index is 13.3. The van der Waals surface area contributed by atoms with E-state index in [2.05, 4.69) is 0 Å². The van der Waals surface area contributed by atoms with Gasteiger partial charge in [0.25, 0.3) is 0 Å². The van der Waals surface area contributed by atoms with Crippen LogP contribution in [-0.2, 0) is 19.1 Å². The number of esters is 1. The van der Waals surface area contributed by atoms with E-state index in [1.165, 1.54) is 0 Å². The molecule has 2 fully saturated rings. The Hall–Kier alpha value is -2.34. The van der Waals surface area contributed by atoms with Gasteiger partial charge in [0.1, 0.15) is 17.3 Å². The first-order chi connectivity index (χ1) is 13.4. The summed E-state index contributed by atoms with van der Waals surface area (Å²) in [5.74, 6) is -0.424. The molecule has 1 spiro atoms. The first-order valence-electron chi connectivity index (χ1n) is 9.84. The molecular formula is C22H27NO5. The summed E-state index contributed by atoms with van der Waals surface area (Å²) in [6.07, 6.45) is 3.51. The second-order valence-electron chi connectivity index (χ2n) is 8.34. The molecule has 6 nitrogen and oxygen atoms in total. The van der Waals surface area contributed by atoms with Gasteiger partial charge >= 0.3 is 5.97 Å². The number of amides is 1. The molecule has 150 valence electrons. The molecule has 4 rings (SSSR count). The molecule has 1 amide bonds. The number of carbonyl (C=O) groups excluding carboxylic acids is 2. The molecule has 2 bridgehead atoms. The Morgan fingerprint density at radius 1 is 1.29 bits per heavy atom. The molecule has 0 saturated carbocycles. The van der Waals surface area contributed by atoms with Crippen LogP contribution in [0.15, 0.2) is 36.4 Å². The molecule has 3 aliphatic heterocycles. The highest BCUT2D eigenvalue weighted by atomic mass is 16.6. The van der Waals surface area contributed by atoms with E-state index in [9.17, 15) is 9.59 Å². The summed E-state index contributed by atoms with van der Waals surface area (Å²) in [6, 6.07) is 7.58. The van der Waals surface area contributed by atoms with Gasteiger partial charge in [0.15, 0.2) is 0 Å². The number of carbonyl (C=O) groups is 2. The standard InChI is InChI=1S/C22H27NO5/c1-13(2)11-27-21(25)18-17-9-10-22(28-17)12-23(20(24)19(18)22)14(3)15-5-7-16(26-4)8-6-15/h5-10,13-14,17-19H,11-12H2,1-4H3/t14-,17-,18+,19-,22+/m0/s1. The normalized spacial score (nSPS) is 31.4. The molecule has 0 aromatic heterocycles. The van der Waals surface area contributed by atoms with Crippen molar-refractivity contribution in [2.75, 3.05) is 20.3 Å². The number of ether oxygens (including phenoxy) is 3. The largest absolute Gasteiger partial charge is 0.497 e. The molecule has 0 aliphatic carbocycles. The highest BCUT2D eigenvalue weighted by molar-refractivity contribution is 5.91. The SMILES string of the molecule is COc1ccc([C@H](C)N2C[C@@]34C=C[C@H](O3)[C@@H](C(=O)OCC(C)C)[C@H]4C2=O)cc1. The van der Waals surface area contributed by atoms with Crippen molar-refractivity contribution in [3.05, 3.63) is 42.0 Å². The summed E-state index contributed by atoms with van der Waals surface area (Å²) < 4.78 is 16.8. The number of hydrogen-bond acceptors (Lipinski definition) is 5. The highest BCUT2D eigenvalue weighted by Gasteiger charge is 2.67. The van der Waals surface area contributed by atoms with Gasteiger partial charge in [-0.2, -0.15) is 0 Å². The van der Waals surface area contributed by atoms with Crippen molar-refractivity contribution in [3.63, 3.8) is 0 Å². The number of hydrogen-bond donors (Lipinski definition) is 0. The van der Waals surface area contributed by atoms with Crippen LogP contribution >= 0.6 is 0 Å². The zero-order chi connectivity index (χ0) is 20.1. The van der Waals surface area contributed by atoms with Crippen LogP contribution < -0.4 is 4.74 Å². The quantitative estimate of drug-likeness (QED) is 0.557. The minimum absolute atomic E-state index is 0.0401. The van der Waals surface area contributed by atoms with E-state index in [4.69, 9.17) is 14.2 Å². The monoisotopic (exact) mass is 385 g/mol. The lowest BCUT2D eigenvalue weighted by molar-refractivity contribution is -0.155. The van der Waals surface area contributed by atoms with Crippen LogP contribution in [0.4, 0.5) is 0 Å². The van der Waals surface area contributed by atoms with Crippen LogP contribution in [0.3, 0.4) is 0 Å². The molecular weight excluding hydrogens is 358 g/mol. The van der Waals surface area contributed by atoms with Crippen LogP contribution in [-0.4, -0.2) is 48.7 Å². The van der Waals surface area contributed by atoms with Gasteiger partial charge in [-0.05, 0) is 30.5 Å². The Morgan fingerprint density at radius 2 is 2.00 bits per heavy atom. The summed E-state index contributed by atoms with van der Waals surface area (Å²) in [7, 11) is 1.63. The Bertz CT molecular complexity index is 802. The minimum atomic E-state index is -0.718. The molecule has 0 radical (unpaired) electrons. The molecule has 1 aromatic carbocycles. The third-order valence-electron chi connectivity index (χ3n) is 6.03. The predicted molar refractivity (Wildman–Crippen MR) is 103 cm³/mol. The number of likely N-dealkylation sites (tertiary alicyclic amines) is 1. The van der Waals surface area contributed by atoms with Crippen molar-refractivity contribution < 1.29 is 23.8 Å². The summed E-state index contributed by atoms with van der Waals surface area (Å²) in [6.45, 7) is 6.78. The second-order valence-corrected chi connectivity index (χ2v) is 8.34. The van der Waals surface area contributed by atoms with Gasteiger partial charge in [-0.25, -0.2) is 0 Å². The number of methoxy groups -OCH3 is 1. The fourth-order valence-electron chi connectivity index (χ4n) is 4.53. The van der Waals surface area contributed by atoms with E-state index in [0.717, 1.165) is 11.3 Å². The molecule has 1 aromatic rings. The first-order valence-corrected chi connectivity index (χ1v) is 9.84. The maximum Gasteiger partial charge on any atom is 0.312 e. The van der Waals surface area contributed by atoms with Crippen molar-refractivity contribution in [1.29, 1.82) is 0 Å². The van der Waals surface area contributed by atoms with Crippen LogP contribution in [0, 0.1) is 17.8 Å². The lowest BCUT2D eigenvalue weighted by Gasteiger charge is -2.27. The predicted octanol–water partition coefficient (Wildman–Crippen LogP) is 2.74. The van der Waals surface area contributed by atoms with Crippen molar-refractivity contribution in [1.82, 2.24) is 4.90 Å². The highest BCUT2D eigenvalue weighted by Crippen LogP contribution is 2.53. The van der Waals surface area contributed by atoms with Gasteiger partial charge in [0.05, 0.1) is 38.3 Å². The number of nitrogens with zero attached hydrogens (tertiary/aromatic N) is 1. The maximum absolute atomic E-state index is 13.3. The second kappa shape index (κ2) is 6.92. The average Bonchev–Trinajstić information content (AvgIpc) is 3.34. The third-order valence-corrected chi connectivity index (χ3v) is 6.03. The van der Waals surface area contributed by atoms with E-state index in [1.54, 1.807) is 7.11 Å². The van der Waals surface area contributed by atoms with E-state index >= 15 is 0 Å². The molecule has 6 heteroatoms. The van der Waals surface area contributed by atoms with Crippen molar-refractivity contribution in [2.24, 2.45) is 17.8 Å². The fourth-order valence-corrected chi connectivity index (χ4v) is 4.53. The van der Waals surface area contributed by atoms with Gasteiger partial charge in [-0.15, -0.1) is 0 Å². The zero-order valence-electron chi connectivity index (χ0n) is 16.8. The summed E-state index contributed by atoms with van der Waals surface area (Å²) >= 11 is 0. The first kappa shape index (κ1) is 19.0. The smallest absolute Gasteiger partial charge is 0.312 e. The lowest BCUT2D eigenvalue weighted by Crippen LogP contribution is -2.40. The Labute approximate surface area is 165 Å². The molecule has 0 unspecified atom stereocenters. The molecule has 0 N–H and O–H groups in total. The number of benzene rings is 1. The van der Waals surface area contributed by atoms with E-state index in [1.807, 2.05) is 62.1 Å². The van der Waals surface area contributed by atoms with Crippen molar-refractivity contribution in [2.45, 2.75) is 38.5 Å². The van der Waals surface area contributed by atoms with Crippen LogP contribution in [0.5, 0.6) is 5.75 Å². The topological polar surface area (TPSA) is 65.1 Å². The van der Waals surface area contributed by atoms with E-state index < -0.39 is 17.4 Å². The molecule has 3 aliphatic rings. The molecule has 28 heavy (non-hydrogen) atoms. The summed E-state index contributed by atoms with van der Waals surface area (Å²) in [4.78, 5) is 27.9. The van der Waals surface area contributed by atoms with Gasteiger partial charge < -0.3 is 19.1 Å². The van der Waals surface area contributed by atoms with Crippen molar-refractivity contribution >= 4 is 11.9 Å². The number of fused-ring (bicyclic) bond motifs is 1. The fraction of sp³-hybridized carbons (Fsp3) is 0.545.